The van der Waals surface area contributed by atoms with E-state index in [9.17, 15) is 15.3 Å². The molecule has 1 saturated heterocycles. The number of aromatic nitrogens is 4. The molecule has 0 amide bonds. The second-order valence-corrected chi connectivity index (χ2v) is 9.71. The Morgan fingerprint density at radius 2 is 2.00 bits per heavy atom. The fourth-order valence-corrected chi connectivity index (χ4v) is 5.90. The Labute approximate surface area is 208 Å². The van der Waals surface area contributed by atoms with E-state index < -0.39 is 17.3 Å². The van der Waals surface area contributed by atoms with Gasteiger partial charge in [0.25, 0.3) is 0 Å². The van der Waals surface area contributed by atoms with Crippen LogP contribution >= 0.6 is 23.3 Å². The molecular weight excluding hydrogens is 494 g/mol. The van der Waals surface area contributed by atoms with Crippen LogP contribution in [0, 0.1) is 6.57 Å². The molecule has 3 atom stereocenters. The van der Waals surface area contributed by atoms with E-state index in [0.717, 1.165) is 11.7 Å². The largest absolute Gasteiger partial charge is 0.494 e. The molecule has 4 aromatic rings. The number of halogens is 1. The number of hydrogen-bond donors (Lipinski definition) is 3. The number of ether oxygens (including phenoxy) is 2. The molecule has 2 unspecified atom stereocenters. The quantitative estimate of drug-likeness (QED) is 0.341. The van der Waals surface area contributed by atoms with E-state index in [4.69, 9.17) is 27.6 Å². The van der Waals surface area contributed by atoms with Crippen LogP contribution in [0.15, 0.2) is 30.5 Å². The first-order chi connectivity index (χ1) is 16.8. The summed E-state index contributed by atoms with van der Waals surface area (Å²) >= 11 is 6.82. The fourth-order valence-electron chi connectivity index (χ4n) is 5.23. The van der Waals surface area contributed by atoms with Crippen LogP contribution in [-0.4, -0.2) is 46.3 Å². The lowest BCUT2D eigenvalue weighted by Crippen LogP contribution is -2.33. The van der Waals surface area contributed by atoms with E-state index in [1.165, 1.54) is 10.8 Å². The SMILES string of the molecule is [C-]#[N+]c1ccc(-n2c(O)c3c(c2O)C2(C)OC3(CCOc3ccc(Cl)cn3)C[C@H]2O)c2nsnc12. The summed E-state index contributed by atoms with van der Waals surface area (Å²) in [6, 6.07) is 6.49. The minimum atomic E-state index is -1.23. The summed E-state index contributed by atoms with van der Waals surface area (Å²) < 4.78 is 21.8. The maximum absolute atomic E-state index is 11.4. The number of nitrogens with zero attached hydrogens (tertiary/aromatic N) is 5. The third kappa shape index (κ3) is 2.98. The van der Waals surface area contributed by atoms with E-state index in [1.807, 2.05) is 0 Å². The molecule has 35 heavy (non-hydrogen) atoms. The second-order valence-electron chi connectivity index (χ2n) is 8.75. The van der Waals surface area contributed by atoms with Crippen molar-refractivity contribution in [3.63, 3.8) is 0 Å². The molecule has 3 aromatic heterocycles. The number of aliphatic hydroxyl groups is 1. The lowest BCUT2D eigenvalue weighted by Gasteiger charge is -2.26. The number of rotatable bonds is 5. The minimum absolute atomic E-state index is 0.183. The summed E-state index contributed by atoms with van der Waals surface area (Å²) in [4.78, 5) is 7.59. The first-order valence-electron chi connectivity index (χ1n) is 10.7. The molecule has 3 N–H and O–H groups in total. The molecule has 6 rings (SSSR count). The molecular formula is C23H18ClN5O5S. The van der Waals surface area contributed by atoms with Crippen molar-refractivity contribution in [3.05, 3.63) is 58.0 Å². The Balaban J connectivity index is 1.44. The average molecular weight is 512 g/mol. The summed E-state index contributed by atoms with van der Waals surface area (Å²) in [6.07, 6.45) is 1.08. The summed E-state index contributed by atoms with van der Waals surface area (Å²) in [5, 5.41) is 34.1. The van der Waals surface area contributed by atoms with Crippen LogP contribution in [0.25, 0.3) is 21.6 Å². The van der Waals surface area contributed by atoms with Crippen molar-refractivity contribution in [2.45, 2.75) is 37.1 Å². The van der Waals surface area contributed by atoms with E-state index in [1.54, 1.807) is 31.2 Å². The van der Waals surface area contributed by atoms with Gasteiger partial charge in [0.05, 0.1) is 52.8 Å². The highest BCUT2D eigenvalue weighted by Gasteiger charge is 2.66. The summed E-state index contributed by atoms with van der Waals surface area (Å²) in [6.45, 7) is 9.24. The number of benzene rings is 1. The third-order valence-electron chi connectivity index (χ3n) is 6.83. The highest BCUT2D eigenvalue weighted by molar-refractivity contribution is 7.00. The van der Waals surface area contributed by atoms with Gasteiger partial charge in [-0.15, -0.1) is 0 Å². The Bertz CT molecular complexity index is 1530. The topological polar surface area (TPSA) is 127 Å². The highest BCUT2D eigenvalue weighted by atomic mass is 35.5. The average Bonchev–Trinajstić information content (AvgIpc) is 3.55. The van der Waals surface area contributed by atoms with Gasteiger partial charge < -0.3 is 24.8 Å². The maximum Gasteiger partial charge on any atom is 0.215 e. The van der Waals surface area contributed by atoms with Crippen molar-refractivity contribution in [2.75, 3.05) is 6.61 Å². The predicted octanol–water partition coefficient (Wildman–Crippen LogP) is 4.17. The summed E-state index contributed by atoms with van der Waals surface area (Å²) in [5.41, 5.74) is -0.113. The molecule has 0 aliphatic carbocycles. The van der Waals surface area contributed by atoms with Gasteiger partial charge in [0.2, 0.25) is 23.3 Å². The molecule has 1 aromatic carbocycles. The fraction of sp³-hybridized carbons (Fsp3) is 0.304. The number of pyridine rings is 1. The molecule has 2 aliphatic heterocycles. The lowest BCUT2D eigenvalue weighted by atomic mass is 9.76. The zero-order valence-corrected chi connectivity index (χ0v) is 19.8. The maximum atomic E-state index is 11.4. The van der Waals surface area contributed by atoms with Gasteiger partial charge >= 0.3 is 0 Å². The van der Waals surface area contributed by atoms with Gasteiger partial charge in [-0.25, -0.2) is 14.4 Å². The molecule has 0 spiro atoms. The van der Waals surface area contributed by atoms with Gasteiger partial charge in [-0.05, 0) is 19.1 Å². The van der Waals surface area contributed by atoms with Crippen molar-refractivity contribution in [3.8, 4) is 23.3 Å². The monoisotopic (exact) mass is 511 g/mol. The Morgan fingerprint density at radius 1 is 1.23 bits per heavy atom. The zero-order chi connectivity index (χ0) is 24.5. The first-order valence-corrected chi connectivity index (χ1v) is 11.8. The molecule has 178 valence electrons. The van der Waals surface area contributed by atoms with Crippen LogP contribution in [0.2, 0.25) is 5.02 Å². The van der Waals surface area contributed by atoms with Crippen LogP contribution in [0.3, 0.4) is 0 Å². The number of aromatic hydroxyl groups is 2. The van der Waals surface area contributed by atoms with E-state index in [-0.39, 0.29) is 31.2 Å². The molecule has 5 heterocycles. The van der Waals surface area contributed by atoms with Crippen molar-refractivity contribution in [2.24, 2.45) is 0 Å². The van der Waals surface area contributed by atoms with Crippen LogP contribution in [0.1, 0.15) is 30.9 Å². The van der Waals surface area contributed by atoms with Gasteiger partial charge in [0, 0.05) is 25.1 Å². The Hall–Kier alpha value is -3.43. The standard InChI is InChI=1S/C23H18ClN5O5S/c1-22-14(30)9-23(34-22,7-8-33-15-6-3-11(24)10-26-15)17-16(22)20(31)29(21(17)32)13-5-4-12(25-2)18-19(13)28-35-27-18/h3-6,10,14,30-32H,7-9H2,1H3/t14-,22?,23?/m1/s1. The first kappa shape index (κ1) is 22.1. The van der Waals surface area contributed by atoms with Crippen molar-refractivity contribution >= 4 is 40.0 Å². The summed E-state index contributed by atoms with van der Waals surface area (Å²) in [7, 11) is 0. The zero-order valence-electron chi connectivity index (χ0n) is 18.3. The van der Waals surface area contributed by atoms with E-state index in [2.05, 4.69) is 18.6 Å². The van der Waals surface area contributed by atoms with Crippen LogP contribution in [0.5, 0.6) is 17.6 Å². The van der Waals surface area contributed by atoms with Gasteiger partial charge in [0.15, 0.2) is 0 Å². The third-order valence-corrected chi connectivity index (χ3v) is 7.58. The molecule has 0 saturated carbocycles. The Morgan fingerprint density at radius 3 is 2.74 bits per heavy atom. The summed E-state index contributed by atoms with van der Waals surface area (Å²) in [5.74, 6) is -0.0957. The van der Waals surface area contributed by atoms with Gasteiger partial charge in [-0.1, -0.05) is 17.7 Å². The van der Waals surface area contributed by atoms with E-state index >= 15 is 0 Å². The normalized spacial score (nSPS) is 24.6. The van der Waals surface area contributed by atoms with Crippen molar-refractivity contribution in [1.29, 1.82) is 0 Å². The molecule has 2 aliphatic rings. The van der Waals surface area contributed by atoms with Crippen molar-refractivity contribution in [1.82, 2.24) is 18.3 Å². The molecule has 10 nitrogen and oxygen atoms in total. The second kappa shape index (κ2) is 7.53. The van der Waals surface area contributed by atoms with Crippen LogP contribution < -0.4 is 4.74 Å². The number of aliphatic hydroxyl groups excluding tert-OH is 1. The minimum Gasteiger partial charge on any atom is -0.494 e. The van der Waals surface area contributed by atoms with Crippen LogP contribution in [-0.2, 0) is 15.9 Å². The van der Waals surface area contributed by atoms with Gasteiger partial charge in [-0.2, -0.15) is 8.75 Å². The smallest absolute Gasteiger partial charge is 0.215 e. The molecule has 12 heteroatoms. The molecule has 0 radical (unpaired) electrons. The molecule has 2 bridgehead atoms. The molecule has 1 fully saturated rings. The van der Waals surface area contributed by atoms with Crippen molar-refractivity contribution < 1.29 is 24.8 Å². The highest BCUT2D eigenvalue weighted by Crippen LogP contribution is 2.65. The van der Waals surface area contributed by atoms with Gasteiger partial charge in [0.1, 0.15) is 22.2 Å². The lowest BCUT2D eigenvalue weighted by molar-refractivity contribution is -0.107. The van der Waals surface area contributed by atoms with E-state index in [0.29, 0.717) is 44.4 Å². The number of hydrogen-bond acceptors (Lipinski definition) is 9. The van der Waals surface area contributed by atoms with Crippen LogP contribution in [0.4, 0.5) is 5.69 Å². The number of fused-ring (bicyclic) bond motifs is 6. The Kier molecular flexibility index (Phi) is 4.75. The van der Waals surface area contributed by atoms with Gasteiger partial charge in [-0.3, -0.25) is 0 Å². The predicted molar refractivity (Wildman–Crippen MR) is 126 cm³/mol.